The molecule has 0 aromatic heterocycles. The van der Waals surface area contributed by atoms with Gasteiger partial charge in [-0.25, -0.2) is 10.9 Å². The van der Waals surface area contributed by atoms with Crippen molar-refractivity contribution in [3.05, 3.63) is 74.8 Å². The number of amides is 2. The van der Waals surface area contributed by atoms with Crippen molar-refractivity contribution in [1.82, 2.24) is 5.01 Å². The van der Waals surface area contributed by atoms with E-state index >= 15 is 0 Å². The molecule has 2 rings (SSSR count). The van der Waals surface area contributed by atoms with Gasteiger partial charge in [0.25, 0.3) is 17.5 Å². The van der Waals surface area contributed by atoms with Gasteiger partial charge in [0.05, 0.1) is 4.92 Å². The summed E-state index contributed by atoms with van der Waals surface area (Å²) >= 11 is 5.77. The molecule has 2 aromatic rings. The van der Waals surface area contributed by atoms with Gasteiger partial charge in [0.15, 0.2) is 0 Å². The molecule has 0 saturated carbocycles. The molecule has 0 bridgehead atoms. The lowest BCUT2D eigenvalue weighted by molar-refractivity contribution is -0.384. The van der Waals surface area contributed by atoms with Gasteiger partial charge in [-0.15, -0.1) is 0 Å². The minimum Gasteiger partial charge on any atom is -0.267 e. The standard InChI is InChI=1S/C14H10ClN3O4/c15-11-5-1-3-9(7-11)13(19)17(16)14(20)10-4-2-6-12(8-10)18(21)22/h1-8H,16H2. The largest absolute Gasteiger partial charge is 0.275 e. The molecule has 0 aliphatic heterocycles. The van der Waals surface area contributed by atoms with Crippen LogP contribution in [-0.2, 0) is 0 Å². The van der Waals surface area contributed by atoms with Gasteiger partial charge in [-0.2, -0.15) is 0 Å². The lowest BCUT2D eigenvalue weighted by Crippen LogP contribution is -2.42. The van der Waals surface area contributed by atoms with Crippen molar-refractivity contribution < 1.29 is 14.5 Å². The summed E-state index contributed by atoms with van der Waals surface area (Å²) in [6.07, 6.45) is 0. The Hall–Kier alpha value is -2.77. The normalized spacial score (nSPS) is 10.1. The van der Waals surface area contributed by atoms with Gasteiger partial charge in [-0.3, -0.25) is 19.7 Å². The molecule has 0 fully saturated rings. The highest BCUT2D eigenvalue weighted by Crippen LogP contribution is 2.16. The summed E-state index contributed by atoms with van der Waals surface area (Å²) in [4.78, 5) is 34.3. The third-order valence-electron chi connectivity index (χ3n) is 2.81. The molecule has 0 unspecified atom stereocenters. The van der Waals surface area contributed by atoms with Crippen molar-refractivity contribution in [2.75, 3.05) is 0 Å². The van der Waals surface area contributed by atoms with Gasteiger partial charge in [0.1, 0.15) is 0 Å². The van der Waals surface area contributed by atoms with E-state index in [4.69, 9.17) is 17.4 Å². The molecule has 0 aliphatic rings. The number of hydrogen-bond acceptors (Lipinski definition) is 5. The van der Waals surface area contributed by atoms with Crippen LogP contribution in [-0.4, -0.2) is 21.7 Å². The Balaban J connectivity index is 2.27. The number of carbonyl (C=O) groups excluding carboxylic acids is 2. The first kappa shape index (κ1) is 15.6. The van der Waals surface area contributed by atoms with Crippen molar-refractivity contribution >= 4 is 29.1 Å². The Morgan fingerprint density at radius 2 is 1.59 bits per heavy atom. The third-order valence-corrected chi connectivity index (χ3v) is 3.05. The van der Waals surface area contributed by atoms with Crippen LogP contribution in [0.15, 0.2) is 48.5 Å². The van der Waals surface area contributed by atoms with Crippen molar-refractivity contribution in [2.24, 2.45) is 5.84 Å². The number of nitro groups is 1. The number of halogens is 1. The predicted octanol–water partition coefficient (Wildman–Crippen LogP) is 2.40. The van der Waals surface area contributed by atoms with Gasteiger partial charge < -0.3 is 0 Å². The first-order valence-electron chi connectivity index (χ1n) is 6.03. The quantitative estimate of drug-likeness (QED) is 0.307. The lowest BCUT2D eigenvalue weighted by Gasteiger charge is -2.14. The minimum absolute atomic E-state index is 0.0629. The number of nitrogens with zero attached hydrogens (tertiary/aromatic N) is 2. The second-order valence-electron chi connectivity index (χ2n) is 4.30. The number of benzene rings is 2. The molecule has 0 saturated heterocycles. The first-order valence-corrected chi connectivity index (χ1v) is 6.41. The maximum absolute atomic E-state index is 12.1. The molecule has 0 radical (unpaired) electrons. The molecule has 0 aliphatic carbocycles. The van der Waals surface area contributed by atoms with Crippen LogP contribution in [0.25, 0.3) is 0 Å². The molecular weight excluding hydrogens is 310 g/mol. The van der Waals surface area contributed by atoms with E-state index in [9.17, 15) is 19.7 Å². The van der Waals surface area contributed by atoms with E-state index in [0.717, 1.165) is 6.07 Å². The second-order valence-corrected chi connectivity index (χ2v) is 4.73. The molecule has 2 aromatic carbocycles. The van der Waals surface area contributed by atoms with Crippen LogP contribution in [0.2, 0.25) is 5.02 Å². The summed E-state index contributed by atoms with van der Waals surface area (Å²) in [5, 5.41) is 11.4. The number of nitrogens with two attached hydrogens (primary N) is 1. The maximum Gasteiger partial charge on any atom is 0.275 e. The fraction of sp³-hybridized carbons (Fsp3) is 0. The van der Waals surface area contributed by atoms with Crippen LogP contribution < -0.4 is 5.84 Å². The van der Waals surface area contributed by atoms with E-state index in [2.05, 4.69) is 0 Å². The zero-order valence-corrected chi connectivity index (χ0v) is 11.9. The van der Waals surface area contributed by atoms with Crippen LogP contribution in [0.4, 0.5) is 5.69 Å². The summed E-state index contributed by atoms with van der Waals surface area (Å²) in [5.41, 5.74) is -0.199. The Kier molecular flexibility index (Phi) is 4.50. The number of hydrogen-bond donors (Lipinski definition) is 1. The van der Waals surface area contributed by atoms with E-state index in [0.29, 0.717) is 10.0 Å². The second kappa shape index (κ2) is 6.33. The third kappa shape index (κ3) is 3.27. The number of imide groups is 1. The number of nitro benzene ring substituents is 1. The molecule has 0 atom stereocenters. The van der Waals surface area contributed by atoms with E-state index in [1.807, 2.05) is 0 Å². The fourth-order valence-corrected chi connectivity index (χ4v) is 1.93. The van der Waals surface area contributed by atoms with E-state index in [1.54, 1.807) is 12.1 Å². The van der Waals surface area contributed by atoms with Crippen molar-refractivity contribution in [3.8, 4) is 0 Å². The van der Waals surface area contributed by atoms with Gasteiger partial charge in [-0.05, 0) is 24.3 Å². The maximum atomic E-state index is 12.1. The van der Waals surface area contributed by atoms with Crippen LogP contribution in [0.5, 0.6) is 0 Å². The monoisotopic (exact) mass is 319 g/mol. The molecule has 2 N–H and O–H groups in total. The average molecular weight is 320 g/mol. The predicted molar refractivity (Wildman–Crippen MR) is 79.2 cm³/mol. The first-order chi connectivity index (χ1) is 10.4. The van der Waals surface area contributed by atoms with Crippen LogP contribution in [0.1, 0.15) is 20.7 Å². The van der Waals surface area contributed by atoms with Crippen LogP contribution in [0, 0.1) is 10.1 Å². The van der Waals surface area contributed by atoms with Gasteiger partial charge in [-0.1, -0.05) is 23.7 Å². The summed E-state index contributed by atoms with van der Waals surface area (Å²) in [6.45, 7) is 0. The van der Waals surface area contributed by atoms with Crippen LogP contribution >= 0.6 is 11.6 Å². The molecular formula is C14H10ClN3O4. The summed E-state index contributed by atoms with van der Waals surface area (Å²) in [7, 11) is 0. The summed E-state index contributed by atoms with van der Waals surface area (Å²) < 4.78 is 0. The zero-order chi connectivity index (χ0) is 16.3. The number of rotatable bonds is 3. The van der Waals surface area contributed by atoms with Crippen LogP contribution in [0.3, 0.4) is 0 Å². The highest BCUT2D eigenvalue weighted by Gasteiger charge is 2.22. The highest BCUT2D eigenvalue weighted by atomic mass is 35.5. The van der Waals surface area contributed by atoms with Gasteiger partial charge >= 0.3 is 0 Å². The Morgan fingerprint density at radius 3 is 2.14 bits per heavy atom. The molecule has 7 nitrogen and oxygen atoms in total. The summed E-state index contributed by atoms with van der Waals surface area (Å²) in [5.74, 6) is 3.90. The van der Waals surface area contributed by atoms with E-state index < -0.39 is 16.7 Å². The molecule has 112 valence electrons. The van der Waals surface area contributed by atoms with Crippen molar-refractivity contribution in [2.45, 2.75) is 0 Å². The fourth-order valence-electron chi connectivity index (χ4n) is 1.74. The van der Waals surface area contributed by atoms with E-state index in [1.165, 1.54) is 30.3 Å². The van der Waals surface area contributed by atoms with Crippen molar-refractivity contribution in [3.63, 3.8) is 0 Å². The van der Waals surface area contributed by atoms with Crippen molar-refractivity contribution in [1.29, 1.82) is 0 Å². The number of non-ortho nitro benzene ring substituents is 1. The van der Waals surface area contributed by atoms with Gasteiger partial charge in [0, 0.05) is 28.3 Å². The number of hydrazine groups is 1. The summed E-state index contributed by atoms with van der Waals surface area (Å²) in [6, 6.07) is 10.9. The van der Waals surface area contributed by atoms with Gasteiger partial charge in [0.2, 0.25) is 0 Å². The highest BCUT2D eigenvalue weighted by molar-refractivity contribution is 6.31. The zero-order valence-electron chi connectivity index (χ0n) is 11.1. The molecule has 2 amide bonds. The molecule has 22 heavy (non-hydrogen) atoms. The molecule has 0 heterocycles. The Morgan fingerprint density at radius 1 is 1.05 bits per heavy atom. The molecule has 0 spiro atoms. The Labute approximate surface area is 130 Å². The topological polar surface area (TPSA) is 107 Å². The Bertz CT molecular complexity index is 763. The SMILES string of the molecule is NN(C(=O)c1cccc(Cl)c1)C(=O)c1cccc([N+](=O)[O-])c1. The molecule has 8 heteroatoms. The van der Waals surface area contributed by atoms with E-state index in [-0.39, 0.29) is 16.8 Å². The minimum atomic E-state index is -0.853. The lowest BCUT2D eigenvalue weighted by atomic mass is 10.1. The smallest absolute Gasteiger partial charge is 0.267 e. The average Bonchev–Trinajstić information content (AvgIpc) is 2.52. The number of carbonyl (C=O) groups is 2.